The molecular formula is C13H19N3O2. The molecule has 5 nitrogen and oxygen atoms in total. The van der Waals surface area contributed by atoms with Crippen LogP contribution in [-0.2, 0) is 7.05 Å². The fourth-order valence-electron chi connectivity index (χ4n) is 3.28. The van der Waals surface area contributed by atoms with Gasteiger partial charge in [0.25, 0.3) is 5.91 Å². The van der Waals surface area contributed by atoms with E-state index in [9.17, 15) is 9.90 Å². The van der Waals surface area contributed by atoms with Crippen molar-refractivity contribution in [3.8, 4) is 0 Å². The van der Waals surface area contributed by atoms with Gasteiger partial charge in [0.1, 0.15) is 0 Å². The van der Waals surface area contributed by atoms with Crippen LogP contribution in [0.2, 0.25) is 0 Å². The molecule has 1 amide bonds. The maximum atomic E-state index is 12.4. The highest BCUT2D eigenvalue weighted by Gasteiger charge is 2.43. The number of aromatic nitrogens is 2. The largest absolute Gasteiger partial charge is 0.393 e. The Balaban J connectivity index is 1.77. The van der Waals surface area contributed by atoms with Crippen LogP contribution in [0.1, 0.15) is 28.9 Å². The van der Waals surface area contributed by atoms with Gasteiger partial charge >= 0.3 is 0 Å². The van der Waals surface area contributed by atoms with Gasteiger partial charge in [-0.2, -0.15) is 5.10 Å². The van der Waals surface area contributed by atoms with Gasteiger partial charge in [-0.3, -0.25) is 9.48 Å². The Bertz CT molecular complexity index is 483. The standard InChI is InChI=1S/C13H19N3O2/c1-8-10(5-14-15(8)2)13(18)16-6-9-3-4-12(17)11(9)7-16/h5,9,11-12,17H,3-4,6-7H2,1-2H3. The van der Waals surface area contributed by atoms with Crippen molar-refractivity contribution >= 4 is 5.91 Å². The summed E-state index contributed by atoms with van der Waals surface area (Å²) in [5.41, 5.74) is 1.59. The van der Waals surface area contributed by atoms with Crippen molar-refractivity contribution in [3.05, 3.63) is 17.5 Å². The zero-order chi connectivity index (χ0) is 12.9. The first-order valence-corrected chi connectivity index (χ1v) is 6.54. The van der Waals surface area contributed by atoms with E-state index in [-0.39, 0.29) is 17.9 Å². The van der Waals surface area contributed by atoms with Crippen molar-refractivity contribution < 1.29 is 9.90 Å². The summed E-state index contributed by atoms with van der Waals surface area (Å²) in [6.45, 7) is 3.39. The molecule has 98 valence electrons. The predicted molar refractivity (Wildman–Crippen MR) is 66.1 cm³/mol. The van der Waals surface area contributed by atoms with E-state index in [4.69, 9.17) is 0 Å². The van der Waals surface area contributed by atoms with Crippen LogP contribution in [0.3, 0.4) is 0 Å². The molecule has 3 rings (SSSR count). The van der Waals surface area contributed by atoms with Crippen LogP contribution in [0.25, 0.3) is 0 Å². The topological polar surface area (TPSA) is 58.4 Å². The lowest BCUT2D eigenvalue weighted by molar-refractivity contribution is 0.0751. The van der Waals surface area contributed by atoms with Gasteiger partial charge in [-0.05, 0) is 25.7 Å². The molecule has 1 aromatic rings. The third kappa shape index (κ3) is 1.65. The van der Waals surface area contributed by atoms with Crippen molar-refractivity contribution in [3.63, 3.8) is 0 Å². The van der Waals surface area contributed by atoms with Crippen molar-refractivity contribution in [1.82, 2.24) is 14.7 Å². The van der Waals surface area contributed by atoms with Crippen LogP contribution < -0.4 is 0 Å². The summed E-state index contributed by atoms with van der Waals surface area (Å²) >= 11 is 0. The number of fused-ring (bicyclic) bond motifs is 1. The quantitative estimate of drug-likeness (QED) is 0.791. The van der Waals surface area contributed by atoms with Gasteiger partial charge in [-0.15, -0.1) is 0 Å². The summed E-state index contributed by atoms with van der Waals surface area (Å²) in [7, 11) is 1.84. The fraction of sp³-hybridized carbons (Fsp3) is 0.692. The van der Waals surface area contributed by atoms with Crippen molar-refractivity contribution in [1.29, 1.82) is 0 Å². The molecule has 3 atom stereocenters. The molecular weight excluding hydrogens is 230 g/mol. The normalized spacial score (nSPS) is 30.8. The minimum absolute atomic E-state index is 0.0576. The lowest BCUT2D eigenvalue weighted by Crippen LogP contribution is -2.31. The second-order valence-corrected chi connectivity index (χ2v) is 5.55. The minimum atomic E-state index is -0.220. The van der Waals surface area contributed by atoms with Gasteiger partial charge < -0.3 is 10.0 Å². The first kappa shape index (κ1) is 11.7. The predicted octanol–water partition coefficient (Wildman–Crippen LogP) is 0.571. The van der Waals surface area contributed by atoms with Gasteiger partial charge in [-0.25, -0.2) is 0 Å². The van der Waals surface area contributed by atoms with E-state index in [1.54, 1.807) is 10.9 Å². The summed E-state index contributed by atoms with van der Waals surface area (Å²) in [5, 5.41) is 14.0. The summed E-state index contributed by atoms with van der Waals surface area (Å²) in [4.78, 5) is 14.3. The Hall–Kier alpha value is -1.36. The van der Waals surface area contributed by atoms with Crippen LogP contribution in [0, 0.1) is 18.8 Å². The maximum Gasteiger partial charge on any atom is 0.257 e. The van der Waals surface area contributed by atoms with Gasteiger partial charge in [0.2, 0.25) is 0 Å². The molecule has 1 aliphatic carbocycles. The molecule has 1 saturated carbocycles. The molecule has 0 spiro atoms. The van der Waals surface area contributed by atoms with Gasteiger partial charge in [0, 0.05) is 31.7 Å². The second-order valence-electron chi connectivity index (χ2n) is 5.55. The third-order valence-electron chi connectivity index (χ3n) is 4.57. The summed E-state index contributed by atoms with van der Waals surface area (Å²) in [6, 6.07) is 0. The van der Waals surface area contributed by atoms with E-state index in [1.807, 2.05) is 18.9 Å². The van der Waals surface area contributed by atoms with E-state index < -0.39 is 0 Å². The van der Waals surface area contributed by atoms with Gasteiger partial charge in [0.05, 0.1) is 17.9 Å². The molecule has 2 fully saturated rings. The number of carbonyl (C=O) groups excluding carboxylic acids is 1. The number of likely N-dealkylation sites (tertiary alicyclic amines) is 1. The Labute approximate surface area is 106 Å². The highest BCUT2D eigenvalue weighted by Crippen LogP contribution is 2.38. The lowest BCUT2D eigenvalue weighted by Gasteiger charge is -2.18. The molecule has 3 unspecified atom stereocenters. The van der Waals surface area contributed by atoms with Crippen molar-refractivity contribution in [2.24, 2.45) is 18.9 Å². The highest BCUT2D eigenvalue weighted by atomic mass is 16.3. The van der Waals surface area contributed by atoms with E-state index in [0.29, 0.717) is 18.0 Å². The molecule has 5 heteroatoms. The maximum absolute atomic E-state index is 12.4. The number of carbonyl (C=O) groups is 1. The molecule has 0 bridgehead atoms. The number of hydrogen-bond donors (Lipinski definition) is 1. The first-order valence-electron chi connectivity index (χ1n) is 6.54. The number of aliphatic hydroxyl groups is 1. The van der Waals surface area contributed by atoms with Crippen LogP contribution in [0.5, 0.6) is 0 Å². The fourth-order valence-corrected chi connectivity index (χ4v) is 3.28. The molecule has 1 N–H and O–H groups in total. The average Bonchev–Trinajstić information content (AvgIpc) is 2.99. The van der Waals surface area contributed by atoms with Gasteiger partial charge in [0.15, 0.2) is 0 Å². The molecule has 1 aromatic heterocycles. The minimum Gasteiger partial charge on any atom is -0.393 e. The summed E-state index contributed by atoms with van der Waals surface area (Å²) < 4.78 is 1.72. The molecule has 1 aliphatic heterocycles. The Kier molecular flexibility index (Phi) is 2.66. The molecule has 0 aromatic carbocycles. The van der Waals surface area contributed by atoms with E-state index in [0.717, 1.165) is 25.1 Å². The summed E-state index contributed by atoms with van der Waals surface area (Å²) in [6.07, 6.45) is 3.36. The average molecular weight is 249 g/mol. The van der Waals surface area contributed by atoms with E-state index >= 15 is 0 Å². The van der Waals surface area contributed by atoms with Gasteiger partial charge in [-0.1, -0.05) is 0 Å². The summed E-state index contributed by atoms with van der Waals surface area (Å²) in [5.74, 6) is 0.828. The van der Waals surface area contributed by atoms with Crippen LogP contribution >= 0.6 is 0 Å². The van der Waals surface area contributed by atoms with Crippen molar-refractivity contribution in [2.75, 3.05) is 13.1 Å². The molecule has 2 heterocycles. The van der Waals surface area contributed by atoms with E-state index in [2.05, 4.69) is 5.10 Å². The highest BCUT2D eigenvalue weighted by molar-refractivity contribution is 5.95. The zero-order valence-corrected chi connectivity index (χ0v) is 10.8. The Morgan fingerprint density at radius 2 is 2.22 bits per heavy atom. The second kappa shape index (κ2) is 4.09. The number of rotatable bonds is 1. The number of aryl methyl sites for hydroxylation is 1. The number of aliphatic hydroxyl groups excluding tert-OH is 1. The first-order chi connectivity index (χ1) is 8.58. The SMILES string of the molecule is Cc1c(C(=O)N2CC3CCC(O)C3C2)cnn1C. The number of hydrogen-bond acceptors (Lipinski definition) is 3. The number of amides is 1. The molecule has 1 saturated heterocycles. The van der Waals surface area contributed by atoms with Crippen molar-refractivity contribution in [2.45, 2.75) is 25.9 Å². The molecule has 2 aliphatic rings. The lowest BCUT2D eigenvalue weighted by atomic mass is 10.00. The van der Waals surface area contributed by atoms with Crippen LogP contribution in [0.15, 0.2) is 6.20 Å². The zero-order valence-electron chi connectivity index (χ0n) is 10.8. The number of nitrogens with zero attached hydrogens (tertiary/aromatic N) is 3. The third-order valence-corrected chi connectivity index (χ3v) is 4.57. The smallest absolute Gasteiger partial charge is 0.257 e. The Morgan fingerprint density at radius 3 is 2.83 bits per heavy atom. The molecule has 18 heavy (non-hydrogen) atoms. The Morgan fingerprint density at radius 1 is 1.44 bits per heavy atom. The molecule has 0 radical (unpaired) electrons. The monoisotopic (exact) mass is 249 g/mol. The van der Waals surface area contributed by atoms with E-state index in [1.165, 1.54) is 0 Å². The van der Waals surface area contributed by atoms with Crippen LogP contribution in [-0.4, -0.2) is 44.9 Å². The van der Waals surface area contributed by atoms with Crippen LogP contribution in [0.4, 0.5) is 0 Å².